The maximum Gasteiger partial charge on any atom is 0.492 e. The predicted molar refractivity (Wildman–Crippen MR) is 89.1 cm³/mol. The Morgan fingerprint density at radius 3 is 2.33 bits per heavy atom. The summed E-state index contributed by atoms with van der Waals surface area (Å²) in [5, 5.41) is 2.65. The Bertz CT molecular complexity index is 658. The Labute approximate surface area is 141 Å². The van der Waals surface area contributed by atoms with Crippen molar-refractivity contribution in [1.29, 1.82) is 0 Å². The van der Waals surface area contributed by atoms with E-state index < -0.39 is 30.0 Å². The van der Waals surface area contributed by atoms with Gasteiger partial charge < -0.3 is 14.6 Å². The molecule has 0 aromatic heterocycles. The summed E-state index contributed by atoms with van der Waals surface area (Å²) in [6.07, 6.45) is 1.45. The molecule has 1 aromatic rings. The van der Waals surface area contributed by atoms with E-state index in [9.17, 15) is 13.6 Å². The molecule has 0 radical (unpaired) electrons. The average molecular weight is 337 g/mol. The van der Waals surface area contributed by atoms with Gasteiger partial charge in [-0.15, -0.1) is 0 Å². The third kappa shape index (κ3) is 3.84. The molecule has 0 bridgehead atoms. The van der Waals surface area contributed by atoms with Crippen molar-refractivity contribution in [3.8, 4) is 0 Å². The van der Waals surface area contributed by atoms with Crippen LogP contribution >= 0.6 is 0 Å². The van der Waals surface area contributed by atoms with Gasteiger partial charge in [-0.05, 0) is 39.2 Å². The topological polar surface area (TPSA) is 47.6 Å². The van der Waals surface area contributed by atoms with Gasteiger partial charge in [0.1, 0.15) is 0 Å². The lowest BCUT2D eigenvalue weighted by Gasteiger charge is -2.32. The van der Waals surface area contributed by atoms with E-state index in [0.717, 1.165) is 6.07 Å². The van der Waals surface area contributed by atoms with Gasteiger partial charge >= 0.3 is 7.12 Å². The van der Waals surface area contributed by atoms with Gasteiger partial charge in [0.25, 0.3) is 0 Å². The van der Waals surface area contributed by atoms with Crippen molar-refractivity contribution < 1.29 is 22.9 Å². The minimum absolute atomic E-state index is 0.0741. The van der Waals surface area contributed by atoms with Gasteiger partial charge in [0.05, 0.1) is 11.2 Å². The Hall–Kier alpha value is -1.73. The first-order valence-electron chi connectivity index (χ1n) is 7.78. The van der Waals surface area contributed by atoms with Crippen LogP contribution in [0.2, 0.25) is 0 Å². The molecule has 4 nitrogen and oxygen atoms in total. The molecule has 1 aliphatic rings. The van der Waals surface area contributed by atoms with E-state index in [1.54, 1.807) is 0 Å². The van der Waals surface area contributed by atoms with Crippen LogP contribution in [-0.2, 0) is 14.1 Å². The van der Waals surface area contributed by atoms with E-state index in [4.69, 9.17) is 9.31 Å². The summed E-state index contributed by atoms with van der Waals surface area (Å²) < 4.78 is 39.3. The van der Waals surface area contributed by atoms with Gasteiger partial charge in [-0.1, -0.05) is 18.2 Å². The first kappa shape index (κ1) is 18.6. The van der Waals surface area contributed by atoms with Crippen LogP contribution in [0.5, 0.6) is 0 Å². The van der Waals surface area contributed by atoms with Crippen molar-refractivity contribution in [2.24, 2.45) is 0 Å². The molecule has 1 aromatic carbocycles. The number of carbonyl (C=O) groups excluding carboxylic acids is 1. The fourth-order valence-electron chi connectivity index (χ4n) is 2.26. The van der Waals surface area contributed by atoms with Gasteiger partial charge in [0.15, 0.2) is 11.6 Å². The number of halogens is 2. The van der Waals surface area contributed by atoms with E-state index in [2.05, 4.69) is 5.32 Å². The summed E-state index contributed by atoms with van der Waals surface area (Å²) in [7, 11) is -0.760. The minimum Gasteiger partial charge on any atom is -0.400 e. The molecule has 24 heavy (non-hydrogen) atoms. The highest BCUT2D eigenvalue weighted by atomic mass is 19.2. The predicted octanol–water partition coefficient (Wildman–Crippen LogP) is 3.12. The van der Waals surface area contributed by atoms with Crippen LogP contribution in [0.3, 0.4) is 0 Å². The summed E-state index contributed by atoms with van der Waals surface area (Å²) >= 11 is 0. The second kappa shape index (κ2) is 6.65. The van der Waals surface area contributed by atoms with E-state index in [-0.39, 0.29) is 18.0 Å². The zero-order valence-electron chi connectivity index (χ0n) is 14.6. The fraction of sp³-hybridized carbons (Fsp3) is 0.471. The van der Waals surface area contributed by atoms with Gasteiger partial charge in [-0.25, -0.2) is 8.78 Å². The molecule has 0 unspecified atom stereocenters. The number of hydrogen-bond donors (Lipinski definition) is 1. The van der Waals surface area contributed by atoms with E-state index in [1.165, 1.54) is 25.1 Å². The highest BCUT2D eigenvalue weighted by molar-refractivity contribution is 6.56. The average Bonchev–Trinajstić information content (AvgIpc) is 2.67. The van der Waals surface area contributed by atoms with Gasteiger partial charge in [0.2, 0.25) is 5.91 Å². The van der Waals surface area contributed by atoms with Gasteiger partial charge in [-0.2, -0.15) is 0 Å². The monoisotopic (exact) mass is 337 g/mol. The summed E-state index contributed by atoms with van der Waals surface area (Å²) in [5.41, 5.74) is -0.570. The second-order valence-electron chi connectivity index (χ2n) is 6.86. The number of rotatable bonds is 4. The standard InChI is InChI=1S/C17H22BF2NO3/c1-11(22)21-10-13(9-12-7-6-8-14(19)15(12)20)18-23-16(2,3)17(4,5)24-18/h6-9H,10H2,1-5H3,(H,21,22). The Morgan fingerprint density at radius 1 is 1.21 bits per heavy atom. The van der Waals surface area contributed by atoms with Crippen molar-refractivity contribution >= 4 is 19.1 Å². The van der Waals surface area contributed by atoms with E-state index in [1.807, 2.05) is 27.7 Å². The highest BCUT2D eigenvalue weighted by Crippen LogP contribution is 2.38. The van der Waals surface area contributed by atoms with Crippen LogP contribution in [-0.4, -0.2) is 30.8 Å². The minimum atomic E-state index is -0.950. The molecule has 1 N–H and O–H groups in total. The third-order valence-corrected chi connectivity index (χ3v) is 4.42. The molecular formula is C17H22BF2NO3. The highest BCUT2D eigenvalue weighted by Gasteiger charge is 2.52. The van der Waals surface area contributed by atoms with Crippen molar-refractivity contribution in [3.05, 3.63) is 40.9 Å². The zero-order chi connectivity index (χ0) is 18.1. The number of amides is 1. The molecule has 1 heterocycles. The lowest BCUT2D eigenvalue weighted by atomic mass is 9.77. The second-order valence-corrected chi connectivity index (χ2v) is 6.86. The lowest BCUT2D eigenvalue weighted by molar-refractivity contribution is -0.118. The maximum atomic E-state index is 14.0. The molecule has 2 rings (SSSR count). The molecule has 1 fully saturated rings. The fourth-order valence-corrected chi connectivity index (χ4v) is 2.26. The van der Waals surface area contributed by atoms with Crippen LogP contribution in [0.25, 0.3) is 6.08 Å². The molecule has 0 atom stereocenters. The van der Waals surface area contributed by atoms with Crippen LogP contribution < -0.4 is 5.32 Å². The Morgan fingerprint density at radius 2 is 1.79 bits per heavy atom. The van der Waals surface area contributed by atoms with Crippen molar-refractivity contribution in [2.75, 3.05) is 6.54 Å². The molecule has 0 spiro atoms. The number of nitrogens with one attached hydrogen (secondary N) is 1. The largest absolute Gasteiger partial charge is 0.492 e. The smallest absolute Gasteiger partial charge is 0.400 e. The maximum absolute atomic E-state index is 14.0. The molecule has 7 heteroatoms. The summed E-state index contributed by atoms with van der Waals surface area (Å²) in [6, 6.07) is 3.93. The molecule has 0 saturated carbocycles. The Kier molecular flexibility index (Phi) is 5.15. The van der Waals surface area contributed by atoms with Crippen molar-refractivity contribution in [1.82, 2.24) is 5.32 Å². The number of carbonyl (C=O) groups is 1. The van der Waals surface area contributed by atoms with Crippen LogP contribution in [0.1, 0.15) is 40.2 Å². The lowest BCUT2D eigenvalue weighted by Crippen LogP contribution is -2.41. The van der Waals surface area contributed by atoms with Crippen LogP contribution in [0.4, 0.5) is 8.78 Å². The number of hydrogen-bond acceptors (Lipinski definition) is 3. The van der Waals surface area contributed by atoms with Gasteiger partial charge in [0, 0.05) is 19.0 Å². The summed E-state index contributed by atoms with van der Waals surface area (Å²) in [6.45, 7) is 9.07. The first-order chi connectivity index (χ1) is 11.0. The molecular weight excluding hydrogens is 315 g/mol. The molecule has 130 valence electrons. The summed E-state index contributed by atoms with van der Waals surface area (Å²) in [5.74, 6) is -2.12. The van der Waals surface area contributed by atoms with Crippen LogP contribution in [0.15, 0.2) is 23.7 Å². The van der Waals surface area contributed by atoms with E-state index >= 15 is 0 Å². The molecule has 1 saturated heterocycles. The van der Waals surface area contributed by atoms with E-state index in [0.29, 0.717) is 5.47 Å². The SMILES string of the molecule is CC(=O)NCC(=Cc1cccc(F)c1F)B1OC(C)(C)C(C)(C)O1. The molecule has 1 amide bonds. The zero-order valence-corrected chi connectivity index (χ0v) is 14.6. The summed E-state index contributed by atoms with van der Waals surface area (Å²) in [4.78, 5) is 11.2. The van der Waals surface area contributed by atoms with Crippen LogP contribution in [0, 0.1) is 11.6 Å². The molecule has 1 aliphatic heterocycles. The van der Waals surface area contributed by atoms with Crippen molar-refractivity contribution in [2.45, 2.75) is 45.8 Å². The number of benzene rings is 1. The quantitative estimate of drug-likeness (QED) is 0.859. The first-order valence-corrected chi connectivity index (χ1v) is 7.78. The normalized spacial score (nSPS) is 19.5. The van der Waals surface area contributed by atoms with Crippen molar-refractivity contribution in [3.63, 3.8) is 0 Å². The Balaban J connectivity index is 2.37. The van der Waals surface area contributed by atoms with Gasteiger partial charge in [-0.3, -0.25) is 4.79 Å². The third-order valence-electron chi connectivity index (χ3n) is 4.42. The molecule has 0 aliphatic carbocycles.